The SMILES string of the molecule is CN(Cc1csc(-c2ccccc2)n1)C(=O)[C@H]1Cc2ccccc2CN1. The van der Waals surface area contributed by atoms with Gasteiger partial charge in [0.2, 0.25) is 5.91 Å². The van der Waals surface area contributed by atoms with Gasteiger partial charge in [-0.05, 0) is 17.5 Å². The Morgan fingerprint density at radius 1 is 1.15 bits per heavy atom. The molecule has 1 aliphatic rings. The fourth-order valence-corrected chi connectivity index (χ4v) is 4.13. The molecule has 4 rings (SSSR count). The van der Waals surface area contributed by atoms with Crippen molar-refractivity contribution in [2.24, 2.45) is 0 Å². The first-order valence-corrected chi connectivity index (χ1v) is 9.63. The van der Waals surface area contributed by atoms with Crippen LogP contribution in [0.25, 0.3) is 10.6 Å². The van der Waals surface area contributed by atoms with Gasteiger partial charge in [-0.15, -0.1) is 11.3 Å². The van der Waals surface area contributed by atoms with E-state index in [1.54, 1.807) is 16.2 Å². The zero-order valence-electron chi connectivity index (χ0n) is 14.7. The lowest BCUT2D eigenvalue weighted by Gasteiger charge is -2.28. The average molecular weight is 363 g/mol. The highest BCUT2D eigenvalue weighted by Crippen LogP contribution is 2.24. The van der Waals surface area contributed by atoms with Crippen molar-refractivity contribution in [3.63, 3.8) is 0 Å². The molecule has 1 aromatic heterocycles. The Kier molecular flexibility index (Phi) is 4.82. The number of thiazole rings is 1. The van der Waals surface area contributed by atoms with Gasteiger partial charge in [0.15, 0.2) is 0 Å². The smallest absolute Gasteiger partial charge is 0.240 e. The van der Waals surface area contributed by atoms with Crippen LogP contribution in [0.1, 0.15) is 16.8 Å². The third-order valence-corrected chi connectivity index (χ3v) is 5.67. The first-order valence-electron chi connectivity index (χ1n) is 8.75. The van der Waals surface area contributed by atoms with E-state index in [9.17, 15) is 4.79 Å². The van der Waals surface area contributed by atoms with Crippen LogP contribution in [0, 0.1) is 0 Å². The van der Waals surface area contributed by atoms with Gasteiger partial charge < -0.3 is 10.2 Å². The van der Waals surface area contributed by atoms with Crippen LogP contribution in [0.2, 0.25) is 0 Å². The number of hydrogen-bond acceptors (Lipinski definition) is 4. The molecule has 0 bridgehead atoms. The Morgan fingerprint density at radius 3 is 2.69 bits per heavy atom. The highest BCUT2D eigenvalue weighted by molar-refractivity contribution is 7.13. The van der Waals surface area contributed by atoms with E-state index in [1.165, 1.54) is 11.1 Å². The number of rotatable bonds is 4. The predicted molar refractivity (Wildman–Crippen MR) is 105 cm³/mol. The first kappa shape index (κ1) is 16.9. The monoisotopic (exact) mass is 363 g/mol. The molecule has 0 unspecified atom stereocenters. The number of likely N-dealkylation sites (N-methyl/N-ethyl adjacent to an activating group) is 1. The summed E-state index contributed by atoms with van der Waals surface area (Å²) in [6.45, 7) is 1.28. The molecule has 1 N–H and O–H groups in total. The maximum Gasteiger partial charge on any atom is 0.240 e. The second-order valence-corrected chi connectivity index (χ2v) is 7.47. The molecule has 0 spiro atoms. The molecule has 0 fully saturated rings. The number of hydrogen-bond donors (Lipinski definition) is 1. The van der Waals surface area contributed by atoms with Crippen molar-refractivity contribution in [1.82, 2.24) is 15.2 Å². The van der Waals surface area contributed by atoms with E-state index in [-0.39, 0.29) is 11.9 Å². The highest BCUT2D eigenvalue weighted by Gasteiger charge is 2.26. The molecule has 0 saturated carbocycles. The van der Waals surface area contributed by atoms with Crippen LogP contribution in [0.4, 0.5) is 0 Å². The molecule has 0 saturated heterocycles. The molecule has 1 aliphatic heterocycles. The molecule has 0 aliphatic carbocycles. The van der Waals surface area contributed by atoms with Crippen LogP contribution >= 0.6 is 11.3 Å². The molecular formula is C21H21N3OS. The molecule has 1 amide bonds. The Morgan fingerprint density at radius 2 is 1.88 bits per heavy atom. The van der Waals surface area contributed by atoms with Crippen LogP contribution < -0.4 is 5.32 Å². The van der Waals surface area contributed by atoms with Gasteiger partial charge in [-0.2, -0.15) is 0 Å². The van der Waals surface area contributed by atoms with Crippen LogP contribution in [0.5, 0.6) is 0 Å². The summed E-state index contributed by atoms with van der Waals surface area (Å²) in [6, 6.07) is 18.3. The maximum absolute atomic E-state index is 12.8. The van der Waals surface area contributed by atoms with Crippen LogP contribution in [-0.2, 0) is 24.3 Å². The minimum atomic E-state index is -0.165. The number of nitrogens with zero attached hydrogens (tertiary/aromatic N) is 2. The number of benzene rings is 2. The maximum atomic E-state index is 12.8. The van der Waals surface area contributed by atoms with Crippen molar-refractivity contribution in [1.29, 1.82) is 0 Å². The summed E-state index contributed by atoms with van der Waals surface area (Å²) in [5, 5.41) is 6.39. The van der Waals surface area contributed by atoms with Crippen molar-refractivity contribution in [2.75, 3.05) is 7.05 Å². The van der Waals surface area contributed by atoms with E-state index >= 15 is 0 Å². The second kappa shape index (κ2) is 7.40. The topological polar surface area (TPSA) is 45.2 Å². The number of aromatic nitrogens is 1. The quantitative estimate of drug-likeness (QED) is 0.772. The van der Waals surface area contributed by atoms with E-state index in [2.05, 4.69) is 34.6 Å². The summed E-state index contributed by atoms with van der Waals surface area (Å²) < 4.78 is 0. The van der Waals surface area contributed by atoms with Gasteiger partial charge in [-0.25, -0.2) is 4.98 Å². The summed E-state index contributed by atoms with van der Waals surface area (Å²) in [6.07, 6.45) is 0.742. The lowest BCUT2D eigenvalue weighted by molar-refractivity contribution is -0.132. The molecule has 132 valence electrons. The fraction of sp³-hybridized carbons (Fsp3) is 0.238. The van der Waals surface area contributed by atoms with Crippen molar-refractivity contribution >= 4 is 17.2 Å². The fourth-order valence-electron chi connectivity index (χ4n) is 3.31. The first-order chi connectivity index (χ1) is 12.7. The summed E-state index contributed by atoms with van der Waals surface area (Å²) in [4.78, 5) is 19.3. The van der Waals surface area contributed by atoms with Gasteiger partial charge in [-0.1, -0.05) is 54.6 Å². The summed E-state index contributed by atoms with van der Waals surface area (Å²) in [5.74, 6) is 0.119. The van der Waals surface area contributed by atoms with Crippen molar-refractivity contribution in [2.45, 2.75) is 25.6 Å². The van der Waals surface area contributed by atoms with Gasteiger partial charge in [0.1, 0.15) is 5.01 Å². The number of carbonyl (C=O) groups is 1. The Labute approximate surface area is 157 Å². The number of carbonyl (C=O) groups excluding carboxylic acids is 1. The minimum Gasteiger partial charge on any atom is -0.338 e. The van der Waals surface area contributed by atoms with E-state index in [0.29, 0.717) is 6.54 Å². The molecule has 26 heavy (non-hydrogen) atoms. The zero-order valence-corrected chi connectivity index (χ0v) is 15.5. The van der Waals surface area contributed by atoms with Gasteiger partial charge in [0.05, 0.1) is 18.3 Å². The van der Waals surface area contributed by atoms with Crippen molar-refractivity contribution < 1.29 is 4.79 Å². The molecule has 3 aromatic rings. The largest absolute Gasteiger partial charge is 0.338 e. The Balaban J connectivity index is 1.42. The molecule has 5 heteroatoms. The van der Waals surface area contributed by atoms with Gasteiger partial charge in [-0.3, -0.25) is 4.79 Å². The number of nitrogens with one attached hydrogen (secondary N) is 1. The van der Waals surface area contributed by atoms with Gasteiger partial charge >= 0.3 is 0 Å². The van der Waals surface area contributed by atoms with Crippen LogP contribution in [0.15, 0.2) is 60.0 Å². The van der Waals surface area contributed by atoms with Crippen molar-refractivity contribution in [3.05, 3.63) is 76.8 Å². The lowest BCUT2D eigenvalue weighted by atomic mass is 9.95. The second-order valence-electron chi connectivity index (χ2n) is 6.61. The van der Waals surface area contributed by atoms with E-state index in [0.717, 1.165) is 29.2 Å². The predicted octanol–water partition coefficient (Wildman–Crippen LogP) is 3.48. The van der Waals surface area contributed by atoms with Crippen LogP contribution in [0.3, 0.4) is 0 Å². The average Bonchev–Trinajstić information content (AvgIpc) is 3.16. The Bertz CT molecular complexity index is 906. The molecule has 1 atom stereocenters. The Hall–Kier alpha value is -2.50. The molecule has 0 radical (unpaired) electrons. The lowest BCUT2D eigenvalue weighted by Crippen LogP contribution is -2.48. The molecular weight excluding hydrogens is 342 g/mol. The van der Waals surface area contributed by atoms with Gasteiger partial charge in [0, 0.05) is 24.5 Å². The normalized spacial score (nSPS) is 16.1. The standard InChI is InChI=1S/C21H21N3OS/c1-24(13-18-14-26-20(23-18)15-7-3-2-4-8-15)21(25)19-11-16-9-5-6-10-17(16)12-22-19/h2-10,14,19,22H,11-13H2,1H3/t19-/m1/s1. The molecule has 2 aromatic carbocycles. The summed E-state index contributed by atoms with van der Waals surface area (Å²) in [5.41, 5.74) is 4.59. The highest BCUT2D eigenvalue weighted by atomic mass is 32.1. The van der Waals surface area contributed by atoms with Crippen molar-refractivity contribution in [3.8, 4) is 10.6 Å². The number of amides is 1. The van der Waals surface area contributed by atoms with E-state index in [4.69, 9.17) is 0 Å². The summed E-state index contributed by atoms with van der Waals surface area (Å²) in [7, 11) is 1.85. The van der Waals surface area contributed by atoms with Gasteiger partial charge in [0.25, 0.3) is 0 Å². The van der Waals surface area contributed by atoms with Crippen LogP contribution in [-0.4, -0.2) is 28.9 Å². The minimum absolute atomic E-state index is 0.119. The molecule has 2 heterocycles. The molecule has 4 nitrogen and oxygen atoms in total. The third kappa shape index (κ3) is 3.54. The van der Waals surface area contributed by atoms with E-state index < -0.39 is 0 Å². The number of fused-ring (bicyclic) bond motifs is 1. The third-order valence-electron chi connectivity index (χ3n) is 4.73. The van der Waals surface area contributed by atoms with E-state index in [1.807, 2.05) is 42.8 Å². The summed E-state index contributed by atoms with van der Waals surface area (Å²) >= 11 is 1.62. The zero-order chi connectivity index (χ0) is 17.9.